The van der Waals surface area contributed by atoms with E-state index in [1.54, 1.807) is 0 Å². The number of nitrogens with one attached hydrogen (secondary N) is 1. The maximum atomic E-state index is 11.8. The van der Waals surface area contributed by atoms with E-state index < -0.39 is 12.1 Å². The fourth-order valence-corrected chi connectivity index (χ4v) is 1.49. The Kier molecular flexibility index (Phi) is 5.12. The largest absolute Gasteiger partial charge is 0.394 e. The molecular formula is C13H20N2O2. The van der Waals surface area contributed by atoms with E-state index in [-0.39, 0.29) is 18.4 Å². The molecule has 4 heteroatoms. The molecule has 17 heavy (non-hydrogen) atoms. The average molecular weight is 236 g/mol. The van der Waals surface area contributed by atoms with E-state index in [2.05, 4.69) is 5.32 Å². The van der Waals surface area contributed by atoms with Crippen LogP contribution in [0.1, 0.15) is 25.5 Å². The summed E-state index contributed by atoms with van der Waals surface area (Å²) in [6, 6.07) is 8.41. The number of aliphatic hydroxyl groups is 1. The van der Waals surface area contributed by atoms with Crippen LogP contribution in [0.5, 0.6) is 0 Å². The second kappa shape index (κ2) is 6.37. The molecule has 0 spiro atoms. The second-order valence-corrected chi connectivity index (χ2v) is 4.42. The summed E-state index contributed by atoms with van der Waals surface area (Å²) in [6.45, 7) is 3.64. The third-order valence-electron chi connectivity index (χ3n) is 2.72. The molecule has 4 nitrogen and oxygen atoms in total. The van der Waals surface area contributed by atoms with Gasteiger partial charge in [-0.05, 0) is 11.5 Å². The van der Waals surface area contributed by atoms with E-state index in [9.17, 15) is 9.90 Å². The predicted molar refractivity (Wildman–Crippen MR) is 67.2 cm³/mol. The summed E-state index contributed by atoms with van der Waals surface area (Å²) in [5.74, 6) is -0.159. The van der Waals surface area contributed by atoms with E-state index in [0.717, 1.165) is 5.56 Å². The van der Waals surface area contributed by atoms with E-state index in [1.807, 2.05) is 44.2 Å². The van der Waals surface area contributed by atoms with Crippen LogP contribution in [-0.2, 0) is 4.79 Å². The number of hydrogen-bond donors (Lipinski definition) is 3. The van der Waals surface area contributed by atoms with Crippen molar-refractivity contribution in [2.75, 3.05) is 6.61 Å². The Morgan fingerprint density at radius 1 is 1.35 bits per heavy atom. The van der Waals surface area contributed by atoms with Crippen LogP contribution in [0.2, 0.25) is 0 Å². The van der Waals surface area contributed by atoms with Gasteiger partial charge in [0.05, 0.1) is 18.7 Å². The molecule has 0 saturated carbocycles. The summed E-state index contributed by atoms with van der Waals surface area (Å²) < 4.78 is 0. The van der Waals surface area contributed by atoms with Crippen molar-refractivity contribution >= 4 is 5.91 Å². The van der Waals surface area contributed by atoms with Gasteiger partial charge >= 0.3 is 0 Å². The Labute approximate surface area is 102 Å². The average Bonchev–Trinajstić information content (AvgIpc) is 2.35. The van der Waals surface area contributed by atoms with Crippen molar-refractivity contribution < 1.29 is 9.90 Å². The number of carbonyl (C=O) groups is 1. The van der Waals surface area contributed by atoms with Gasteiger partial charge in [-0.1, -0.05) is 44.2 Å². The van der Waals surface area contributed by atoms with E-state index >= 15 is 0 Å². The molecule has 1 aromatic carbocycles. The monoisotopic (exact) mass is 236 g/mol. The number of amides is 1. The summed E-state index contributed by atoms with van der Waals surface area (Å²) in [6.07, 6.45) is 0. The van der Waals surface area contributed by atoms with E-state index in [0.29, 0.717) is 0 Å². The quantitative estimate of drug-likeness (QED) is 0.708. The molecule has 0 aliphatic heterocycles. The van der Waals surface area contributed by atoms with Crippen LogP contribution in [-0.4, -0.2) is 23.7 Å². The van der Waals surface area contributed by atoms with E-state index in [1.165, 1.54) is 0 Å². The first-order valence-electron chi connectivity index (χ1n) is 5.78. The Hall–Kier alpha value is -1.39. The molecule has 0 fully saturated rings. The van der Waals surface area contributed by atoms with Crippen molar-refractivity contribution in [3.05, 3.63) is 35.9 Å². The number of rotatable bonds is 5. The van der Waals surface area contributed by atoms with Crippen LogP contribution in [0.25, 0.3) is 0 Å². The number of nitrogens with two attached hydrogens (primary N) is 1. The fraction of sp³-hybridized carbons (Fsp3) is 0.462. The van der Waals surface area contributed by atoms with Crippen molar-refractivity contribution in [2.45, 2.75) is 25.9 Å². The minimum atomic E-state index is -0.548. The van der Waals surface area contributed by atoms with Gasteiger partial charge in [0, 0.05) is 0 Å². The summed E-state index contributed by atoms with van der Waals surface area (Å²) in [4.78, 5) is 11.8. The Morgan fingerprint density at radius 3 is 2.41 bits per heavy atom. The van der Waals surface area contributed by atoms with Crippen LogP contribution in [0.4, 0.5) is 0 Å². The Bertz CT molecular complexity index is 352. The number of aliphatic hydroxyl groups excluding tert-OH is 1. The molecule has 1 aromatic rings. The topological polar surface area (TPSA) is 75.4 Å². The standard InChI is InChI=1S/C13H20N2O2/c1-9(2)12(14)13(17)15-11(8-16)10-6-4-3-5-7-10/h3-7,9,11-12,16H,8,14H2,1-2H3,(H,15,17)/t11-,12+/m0/s1. The summed E-state index contributed by atoms with van der Waals surface area (Å²) >= 11 is 0. The van der Waals surface area contributed by atoms with Gasteiger partial charge in [0.2, 0.25) is 5.91 Å². The lowest BCUT2D eigenvalue weighted by Gasteiger charge is -2.21. The lowest BCUT2D eigenvalue weighted by molar-refractivity contribution is -0.124. The zero-order valence-corrected chi connectivity index (χ0v) is 10.3. The van der Waals surface area contributed by atoms with Gasteiger partial charge in [0.25, 0.3) is 0 Å². The minimum absolute atomic E-state index is 0.0742. The number of benzene rings is 1. The highest BCUT2D eigenvalue weighted by molar-refractivity contribution is 5.82. The van der Waals surface area contributed by atoms with Crippen LogP contribution >= 0.6 is 0 Å². The molecule has 2 atom stereocenters. The second-order valence-electron chi connectivity index (χ2n) is 4.42. The molecule has 0 bridgehead atoms. The summed E-state index contributed by atoms with van der Waals surface area (Å²) in [5.41, 5.74) is 6.62. The lowest BCUT2D eigenvalue weighted by atomic mass is 10.0. The Balaban J connectivity index is 2.68. The molecule has 4 N–H and O–H groups in total. The maximum Gasteiger partial charge on any atom is 0.237 e. The van der Waals surface area contributed by atoms with Crippen LogP contribution < -0.4 is 11.1 Å². The van der Waals surface area contributed by atoms with E-state index in [4.69, 9.17) is 5.73 Å². The molecule has 0 aliphatic carbocycles. The van der Waals surface area contributed by atoms with Crippen molar-refractivity contribution in [1.29, 1.82) is 0 Å². The smallest absolute Gasteiger partial charge is 0.237 e. The van der Waals surface area contributed by atoms with Gasteiger partial charge < -0.3 is 16.2 Å². The van der Waals surface area contributed by atoms with Crippen LogP contribution in [0.3, 0.4) is 0 Å². The van der Waals surface area contributed by atoms with Crippen molar-refractivity contribution in [2.24, 2.45) is 11.7 Å². The van der Waals surface area contributed by atoms with Gasteiger partial charge in [0.15, 0.2) is 0 Å². The van der Waals surface area contributed by atoms with Crippen molar-refractivity contribution in [3.63, 3.8) is 0 Å². The van der Waals surface area contributed by atoms with Gasteiger partial charge in [-0.15, -0.1) is 0 Å². The first kappa shape index (κ1) is 13.7. The van der Waals surface area contributed by atoms with Gasteiger partial charge in [-0.3, -0.25) is 4.79 Å². The summed E-state index contributed by atoms with van der Waals surface area (Å²) in [5, 5.41) is 12.0. The molecule has 0 aliphatic rings. The van der Waals surface area contributed by atoms with Gasteiger partial charge in [-0.2, -0.15) is 0 Å². The first-order valence-corrected chi connectivity index (χ1v) is 5.78. The molecule has 0 saturated heterocycles. The first-order chi connectivity index (χ1) is 8.06. The number of hydrogen-bond acceptors (Lipinski definition) is 3. The third-order valence-corrected chi connectivity index (χ3v) is 2.72. The third kappa shape index (κ3) is 3.84. The SMILES string of the molecule is CC(C)[C@@H](N)C(=O)N[C@@H](CO)c1ccccc1. The molecule has 94 valence electrons. The molecule has 0 radical (unpaired) electrons. The maximum absolute atomic E-state index is 11.8. The highest BCUT2D eigenvalue weighted by Crippen LogP contribution is 2.12. The Morgan fingerprint density at radius 2 is 1.94 bits per heavy atom. The predicted octanol–water partition coefficient (Wildman–Crippen LogP) is 0.819. The molecule has 0 aromatic heterocycles. The molecular weight excluding hydrogens is 216 g/mol. The van der Waals surface area contributed by atoms with Gasteiger partial charge in [0.1, 0.15) is 0 Å². The highest BCUT2D eigenvalue weighted by atomic mass is 16.3. The zero-order valence-electron chi connectivity index (χ0n) is 10.3. The zero-order chi connectivity index (χ0) is 12.8. The number of carbonyl (C=O) groups excluding carboxylic acids is 1. The molecule has 0 heterocycles. The molecule has 1 amide bonds. The van der Waals surface area contributed by atoms with Crippen molar-refractivity contribution in [1.82, 2.24) is 5.32 Å². The molecule has 1 rings (SSSR count). The minimum Gasteiger partial charge on any atom is -0.394 e. The molecule has 0 unspecified atom stereocenters. The van der Waals surface area contributed by atoms with Crippen molar-refractivity contribution in [3.8, 4) is 0 Å². The van der Waals surface area contributed by atoms with Gasteiger partial charge in [-0.25, -0.2) is 0 Å². The summed E-state index contributed by atoms with van der Waals surface area (Å²) in [7, 11) is 0. The van der Waals surface area contributed by atoms with Crippen LogP contribution in [0.15, 0.2) is 30.3 Å². The highest BCUT2D eigenvalue weighted by Gasteiger charge is 2.20. The lowest BCUT2D eigenvalue weighted by Crippen LogP contribution is -2.45. The van der Waals surface area contributed by atoms with Crippen LogP contribution in [0, 0.1) is 5.92 Å². The normalized spacial score (nSPS) is 14.4. The fourth-order valence-electron chi connectivity index (χ4n) is 1.49.